The number of hydrogen-bond acceptors (Lipinski definition) is 3. The lowest BCUT2D eigenvalue weighted by molar-refractivity contribution is 0.102. The van der Waals surface area contributed by atoms with Gasteiger partial charge in [-0.3, -0.25) is 4.79 Å². The van der Waals surface area contributed by atoms with E-state index in [0.29, 0.717) is 11.6 Å². The number of nitrogens with zero attached hydrogens (tertiary/aromatic N) is 1. The van der Waals surface area contributed by atoms with Crippen molar-refractivity contribution in [2.45, 2.75) is 33.4 Å². The number of nitrogens with one attached hydrogen (secondary N) is 2. The van der Waals surface area contributed by atoms with E-state index < -0.39 is 0 Å². The van der Waals surface area contributed by atoms with Gasteiger partial charge in [-0.15, -0.1) is 0 Å². The molecule has 0 bridgehead atoms. The molecule has 0 aliphatic rings. The minimum absolute atomic E-state index is 0.0937. The molecule has 0 unspecified atom stereocenters. The molecule has 1 amide bonds. The second-order valence-corrected chi connectivity index (χ2v) is 6.73. The Hall–Kier alpha value is -2.33. The smallest absolute Gasteiger partial charge is 0.255 e. The minimum atomic E-state index is -0.0937. The normalized spacial score (nSPS) is 11.0. The lowest BCUT2D eigenvalue weighted by Gasteiger charge is -2.19. The molecule has 2 aromatic rings. The minimum Gasteiger partial charge on any atom is -0.383 e. The van der Waals surface area contributed by atoms with Gasteiger partial charge in [0.1, 0.15) is 0 Å². The van der Waals surface area contributed by atoms with Crippen LogP contribution in [0.4, 0.5) is 11.4 Å². The van der Waals surface area contributed by atoms with Crippen LogP contribution in [0.1, 0.15) is 35.3 Å². The number of benzene rings is 2. The molecule has 0 saturated heterocycles. The SMILES string of the molecule is Cc1cccc(NC(=O)c2ccc(CN(C)C)c(NC(C)C)c2)c1. The first-order valence-electron chi connectivity index (χ1n) is 8.27. The van der Waals surface area contributed by atoms with E-state index in [1.807, 2.05) is 63.5 Å². The van der Waals surface area contributed by atoms with Crippen molar-refractivity contribution >= 4 is 17.3 Å². The van der Waals surface area contributed by atoms with Gasteiger partial charge >= 0.3 is 0 Å². The molecular formula is C20H27N3O. The molecule has 0 atom stereocenters. The van der Waals surface area contributed by atoms with Crippen LogP contribution in [0.3, 0.4) is 0 Å². The highest BCUT2D eigenvalue weighted by Crippen LogP contribution is 2.21. The lowest BCUT2D eigenvalue weighted by Crippen LogP contribution is -2.18. The summed E-state index contributed by atoms with van der Waals surface area (Å²) in [4.78, 5) is 14.7. The highest BCUT2D eigenvalue weighted by molar-refractivity contribution is 6.05. The van der Waals surface area contributed by atoms with Crippen molar-refractivity contribution in [2.75, 3.05) is 24.7 Å². The van der Waals surface area contributed by atoms with Gasteiger partial charge in [-0.1, -0.05) is 18.2 Å². The standard InChI is InChI=1S/C20H27N3O/c1-14(2)21-19-12-16(9-10-17(19)13-23(4)5)20(24)22-18-8-6-7-15(3)11-18/h6-12,14,21H,13H2,1-5H3,(H,22,24). The maximum absolute atomic E-state index is 12.5. The summed E-state index contributed by atoms with van der Waals surface area (Å²) >= 11 is 0. The zero-order valence-corrected chi connectivity index (χ0v) is 15.2. The molecule has 4 nitrogen and oxygen atoms in total. The van der Waals surface area contributed by atoms with Crippen molar-refractivity contribution in [3.63, 3.8) is 0 Å². The van der Waals surface area contributed by atoms with Crippen LogP contribution in [-0.4, -0.2) is 30.9 Å². The molecular weight excluding hydrogens is 298 g/mol. The quantitative estimate of drug-likeness (QED) is 0.839. The van der Waals surface area contributed by atoms with E-state index in [1.54, 1.807) is 0 Å². The Morgan fingerprint density at radius 1 is 1.12 bits per heavy atom. The largest absolute Gasteiger partial charge is 0.383 e. The fourth-order valence-electron chi connectivity index (χ4n) is 2.57. The average molecular weight is 325 g/mol. The van der Waals surface area contributed by atoms with Gasteiger partial charge in [-0.2, -0.15) is 0 Å². The third-order valence-electron chi connectivity index (χ3n) is 3.58. The van der Waals surface area contributed by atoms with Gasteiger partial charge in [0, 0.05) is 29.5 Å². The molecule has 4 heteroatoms. The number of aryl methyl sites for hydroxylation is 1. The third kappa shape index (κ3) is 5.10. The predicted molar refractivity (Wildman–Crippen MR) is 102 cm³/mol. The van der Waals surface area contributed by atoms with Crippen LogP contribution < -0.4 is 10.6 Å². The van der Waals surface area contributed by atoms with Gasteiger partial charge in [-0.05, 0) is 70.3 Å². The molecule has 0 spiro atoms. The van der Waals surface area contributed by atoms with Crippen LogP contribution in [0.25, 0.3) is 0 Å². The summed E-state index contributed by atoms with van der Waals surface area (Å²) in [6.45, 7) is 7.03. The molecule has 0 aliphatic heterocycles. The van der Waals surface area contributed by atoms with Gasteiger partial charge in [0.25, 0.3) is 5.91 Å². The zero-order chi connectivity index (χ0) is 17.7. The van der Waals surface area contributed by atoms with Crippen molar-refractivity contribution in [2.24, 2.45) is 0 Å². The Labute approximate surface area is 144 Å². The lowest BCUT2D eigenvalue weighted by atomic mass is 10.1. The highest BCUT2D eigenvalue weighted by Gasteiger charge is 2.11. The Balaban J connectivity index is 2.24. The molecule has 0 heterocycles. The maximum atomic E-state index is 12.5. The van der Waals surface area contributed by atoms with Gasteiger partial charge in [0.2, 0.25) is 0 Å². The second-order valence-electron chi connectivity index (χ2n) is 6.73. The Kier molecular flexibility index (Phi) is 5.99. The first kappa shape index (κ1) is 18.0. The fourth-order valence-corrected chi connectivity index (χ4v) is 2.57. The summed E-state index contributed by atoms with van der Waals surface area (Å²) < 4.78 is 0. The van der Waals surface area contributed by atoms with E-state index >= 15 is 0 Å². The van der Waals surface area contributed by atoms with Crippen LogP contribution in [0.5, 0.6) is 0 Å². The van der Waals surface area contributed by atoms with Crippen molar-refractivity contribution < 1.29 is 4.79 Å². The molecule has 2 N–H and O–H groups in total. The van der Waals surface area contributed by atoms with E-state index in [-0.39, 0.29) is 5.91 Å². The van der Waals surface area contributed by atoms with Crippen LogP contribution >= 0.6 is 0 Å². The predicted octanol–water partition coefficient (Wildman–Crippen LogP) is 4.13. The number of anilines is 2. The second kappa shape index (κ2) is 7.97. The summed E-state index contributed by atoms with van der Waals surface area (Å²) in [5.41, 5.74) is 4.78. The number of amides is 1. The number of hydrogen-bond donors (Lipinski definition) is 2. The van der Waals surface area contributed by atoms with E-state index in [0.717, 1.165) is 23.5 Å². The topological polar surface area (TPSA) is 44.4 Å². The van der Waals surface area contributed by atoms with Gasteiger partial charge < -0.3 is 15.5 Å². The molecule has 0 fully saturated rings. The van der Waals surface area contributed by atoms with Crippen molar-refractivity contribution in [1.29, 1.82) is 0 Å². The Morgan fingerprint density at radius 3 is 2.50 bits per heavy atom. The summed E-state index contributed by atoms with van der Waals surface area (Å²) in [6, 6.07) is 14.0. The summed E-state index contributed by atoms with van der Waals surface area (Å²) in [5, 5.41) is 6.40. The first-order valence-corrected chi connectivity index (χ1v) is 8.27. The van der Waals surface area contributed by atoms with Crippen molar-refractivity contribution in [1.82, 2.24) is 4.90 Å². The van der Waals surface area contributed by atoms with Crippen LogP contribution in [0, 0.1) is 6.92 Å². The number of carbonyl (C=O) groups excluding carboxylic acids is 1. The van der Waals surface area contributed by atoms with E-state index in [4.69, 9.17) is 0 Å². The van der Waals surface area contributed by atoms with Gasteiger partial charge in [-0.25, -0.2) is 0 Å². The van der Waals surface area contributed by atoms with E-state index in [2.05, 4.69) is 29.4 Å². The summed E-state index contributed by atoms with van der Waals surface area (Å²) in [7, 11) is 4.08. The molecule has 0 aromatic heterocycles. The molecule has 2 rings (SSSR count). The maximum Gasteiger partial charge on any atom is 0.255 e. The molecule has 0 radical (unpaired) electrons. The molecule has 0 aliphatic carbocycles. The van der Waals surface area contributed by atoms with Gasteiger partial charge in [0.15, 0.2) is 0 Å². The van der Waals surface area contributed by atoms with Crippen molar-refractivity contribution in [3.8, 4) is 0 Å². The van der Waals surface area contributed by atoms with Crippen LogP contribution in [0.2, 0.25) is 0 Å². The molecule has 2 aromatic carbocycles. The summed E-state index contributed by atoms with van der Waals surface area (Å²) in [5.74, 6) is -0.0937. The van der Waals surface area contributed by atoms with E-state index in [1.165, 1.54) is 5.56 Å². The van der Waals surface area contributed by atoms with Crippen LogP contribution in [0.15, 0.2) is 42.5 Å². The third-order valence-corrected chi connectivity index (χ3v) is 3.58. The number of carbonyl (C=O) groups is 1. The summed E-state index contributed by atoms with van der Waals surface area (Å²) in [6.07, 6.45) is 0. The van der Waals surface area contributed by atoms with E-state index in [9.17, 15) is 4.79 Å². The fraction of sp³-hybridized carbons (Fsp3) is 0.350. The molecule has 0 saturated carbocycles. The molecule has 128 valence electrons. The monoisotopic (exact) mass is 325 g/mol. The number of rotatable bonds is 6. The van der Waals surface area contributed by atoms with Crippen molar-refractivity contribution in [3.05, 3.63) is 59.2 Å². The first-order chi connectivity index (χ1) is 11.3. The molecule has 24 heavy (non-hydrogen) atoms. The Morgan fingerprint density at radius 2 is 1.88 bits per heavy atom. The van der Waals surface area contributed by atoms with Gasteiger partial charge in [0.05, 0.1) is 0 Å². The highest BCUT2D eigenvalue weighted by atomic mass is 16.1. The Bertz CT molecular complexity index is 708. The average Bonchev–Trinajstić information content (AvgIpc) is 2.48. The zero-order valence-electron chi connectivity index (χ0n) is 15.2. The van der Waals surface area contributed by atoms with Crippen LogP contribution in [-0.2, 0) is 6.54 Å².